The quantitative estimate of drug-likeness (QED) is 0.797. The van der Waals surface area contributed by atoms with Crippen molar-refractivity contribution in [2.75, 3.05) is 27.9 Å². The summed E-state index contributed by atoms with van der Waals surface area (Å²) < 4.78 is 15.6. The summed E-state index contributed by atoms with van der Waals surface area (Å²) in [6.07, 6.45) is 0. The van der Waals surface area contributed by atoms with Gasteiger partial charge in [-0.2, -0.15) is 0 Å². The lowest BCUT2D eigenvalue weighted by molar-refractivity contribution is 0.0940. The maximum absolute atomic E-state index is 12.0. The number of hydrogen-bond acceptors (Lipinski definition) is 5. The summed E-state index contributed by atoms with van der Waals surface area (Å²) in [5.74, 6) is 1.09. The van der Waals surface area contributed by atoms with Gasteiger partial charge in [0, 0.05) is 18.2 Å². The number of carbonyl (C=O) groups is 1. The van der Waals surface area contributed by atoms with Gasteiger partial charge in [-0.15, -0.1) is 0 Å². The minimum absolute atomic E-state index is 0.105. The highest BCUT2D eigenvalue weighted by atomic mass is 16.5. The smallest absolute Gasteiger partial charge is 0.251 e. The van der Waals surface area contributed by atoms with E-state index in [0.717, 1.165) is 0 Å². The van der Waals surface area contributed by atoms with Crippen LogP contribution in [-0.4, -0.2) is 39.8 Å². The molecule has 6 heteroatoms. The Morgan fingerprint density at radius 3 is 2.11 bits per heavy atom. The number of methoxy groups -OCH3 is 3. The molecular formula is C13H20N2O4. The molecule has 6 nitrogen and oxygen atoms in total. The van der Waals surface area contributed by atoms with E-state index in [9.17, 15) is 4.79 Å². The number of amides is 1. The maximum Gasteiger partial charge on any atom is 0.251 e. The summed E-state index contributed by atoms with van der Waals surface area (Å²) in [5.41, 5.74) is 5.90. The fraction of sp³-hybridized carbons (Fsp3) is 0.462. The molecule has 0 aliphatic rings. The van der Waals surface area contributed by atoms with Crippen LogP contribution in [0.1, 0.15) is 17.3 Å². The van der Waals surface area contributed by atoms with Crippen LogP contribution in [0.4, 0.5) is 0 Å². The van der Waals surface area contributed by atoms with Crippen molar-refractivity contribution >= 4 is 5.91 Å². The topological polar surface area (TPSA) is 82.8 Å². The summed E-state index contributed by atoms with van der Waals surface area (Å²) in [7, 11) is 4.51. The predicted molar refractivity (Wildman–Crippen MR) is 72.1 cm³/mol. The second kappa shape index (κ2) is 6.84. The van der Waals surface area contributed by atoms with Crippen molar-refractivity contribution < 1.29 is 19.0 Å². The van der Waals surface area contributed by atoms with E-state index in [2.05, 4.69) is 5.32 Å². The van der Waals surface area contributed by atoms with E-state index < -0.39 is 0 Å². The Balaban J connectivity index is 3.12. The van der Waals surface area contributed by atoms with E-state index in [1.54, 1.807) is 12.1 Å². The Morgan fingerprint density at radius 2 is 1.74 bits per heavy atom. The maximum atomic E-state index is 12.0. The molecule has 0 saturated heterocycles. The summed E-state index contributed by atoms with van der Waals surface area (Å²) in [4.78, 5) is 12.0. The zero-order chi connectivity index (χ0) is 14.4. The van der Waals surface area contributed by atoms with Gasteiger partial charge in [0.2, 0.25) is 5.75 Å². The van der Waals surface area contributed by atoms with Gasteiger partial charge in [0.15, 0.2) is 11.5 Å². The average Bonchev–Trinajstić information content (AvgIpc) is 2.44. The van der Waals surface area contributed by atoms with Crippen LogP contribution in [0, 0.1) is 0 Å². The van der Waals surface area contributed by atoms with E-state index in [1.807, 2.05) is 6.92 Å². The minimum Gasteiger partial charge on any atom is -0.493 e. The number of benzene rings is 1. The van der Waals surface area contributed by atoms with E-state index in [1.165, 1.54) is 21.3 Å². The summed E-state index contributed by atoms with van der Waals surface area (Å²) in [6, 6.07) is 3.09. The highest BCUT2D eigenvalue weighted by Gasteiger charge is 2.17. The molecule has 0 spiro atoms. The third kappa shape index (κ3) is 3.51. The number of nitrogens with two attached hydrogens (primary N) is 1. The molecule has 19 heavy (non-hydrogen) atoms. The normalized spacial score (nSPS) is 11.6. The number of rotatable bonds is 6. The summed E-state index contributed by atoms with van der Waals surface area (Å²) in [6.45, 7) is 2.20. The Hall–Kier alpha value is -1.95. The second-order valence-corrected chi connectivity index (χ2v) is 4.02. The molecule has 106 valence electrons. The molecule has 0 unspecified atom stereocenters. The second-order valence-electron chi connectivity index (χ2n) is 4.02. The van der Waals surface area contributed by atoms with Gasteiger partial charge < -0.3 is 25.3 Å². The zero-order valence-electron chi connectivity index (χ0n) is 11.6. The van der Waals surface area contributed by atoms with Crippen LogP contribution < -0.4 is 25.3 Å². The van der Waals surface area contributed by atoms with Crippen LogP contribution >= 0.6 is 0 Å². The third-order valence-electron chi connectivity index (χ3n) is 2.66. The molecule has 1 aromatic carbocycles. The van der Waals surface area contributed by atoms with Gasteiger partial charge >= 0.3 is 0 Å². The van der Waals surface area contributed by atoms with Crippen LogP contribution in [0.25, 0.3) is 0 Å². The average molecular weight is 268 g/mol. The molecule has 0 aliphatic carbocycles. The summed E-state index contributed by atoms with van der Waals surface area (Å²) >= 11 is 0. The number of nitrogens with one attached hydrogen (secondary N) is 1. The first-order valence-corrected chi connectivity index (χ1v) is 5.88. The van der Waals surface area contributed by atoms with E-state index in [0.29, 0.717) is 29.4 Å². The van der Waals surface area contributed by atoms with E-state index in [4.69, 9.17) is 19.9 Å². The molecule has 0 fully saturated rings. The van der Waals surface area contributed by atoms with Gasteiger partial charge in [-0.05, 0) is 19.1 Å². The number of hydrogen-bond donors (Lipinski definition) is 2. The molecule has 0 bridgehead atoms. The lowest BCUT2D eigenvalue weighted by Crippen LogP contribution is -2.37. The van der Waals surface area contributed by atoms with Gasteiger partial charge in [0.1, 0.15) is 0 Å². The Morgan fingerprint density at radius 1 is 1.21 bits per heavy atom. The van der Waals surface area contributed by atoms with Gasteiger partial charge in [0.05, 0.1) is 21.3 Å². The first-order chi connectivity index (χ1) is 9.07. The van der Waals surface area contributed by atoms with Crippen LogP contribution in [0.2, 0.25) is 0 Å². The number of carbonyl (C=O) groups excluding carboxylic acids is 1. The van der Waals surface area contributed by atoms with Gasteiger partial charge in [-0.25, -0.2) is 0 Å². The molecule has 1 rings (SSSR count). The largest absolute Gasteiger partial charge is 0.493 e. The Kier molecular flexibility index (Phi) is 5.44. The fourth-order valence-electron chi connectivity index (χ4n) is 1.58. The fourth-order valence-corrected chi connectivity index (χ4v) is 1.58. The molecule has 0 heterocycles. The van der Waals surface area contributed by atoms with Crippen molar-refractivity contribution in [1.29, 1.82) is 0 Å². The van der Waals surface area contributed by atoms with Crippen molar-refractivity contribution in [3.63, 3.8) is 0 Å². The van der Waals surface area contributed by atoms with Crippen LogP contribution in [0.5, 0.6) is 17.2 Å². The van der Waals surface area contributed by atoms with Gasteiger partial charge in [-0.1, -0.05) is 0 Å². The standard InChI is InChI=1S/C13H20N2O4/c1-8(7-14)15-13(16)9-5-10(17-2)12(19-4)11(6-9)18-3/h5-6,8H,7,14H2,1-4H3,(H,15,16)/t8-/m1/s1. The first kappa shape index (κ1) is 15.1. The molecule has 0 aliphatic heterocycles. The highest BCUT2D eigenvalue weighted by Crippen LogP contribution is 2.38. The molecule has 0 aromatic heterocycles. The monoisotopic (exact) mass is 268 g/mol. The molecule has 0 radical (unpaired) electrons. The zero-order valence-corrected chi connectivity index (χ0v) is 11.6. The van der Waals surface area contributed by atoms with Gasteiger partial charge in [0.25, 0.3) is 5.91 Å². The van der Waals surface area contributed by atoms with Crippen LogP contribution in [0.3, 0.4) is 0 Å². The lowest BCUT2D eigenvalue weighted by Gasteiger charge is -2.15. The number of ether oxygens (including phenoxy) is 3. The SMILES string of the molecule is COc1cc(C(=O)N[C@H](C)CN)cc(OC)c1OC. The van der Waals surface area contributed by atoms with Crippen LogP contribution in [-0.2, 0) is 0 Å². The molecule has 1 aromatic rings. The van der Waals surface area contributed by atoms with E-state index in [-0.39, 0.29) is 11.9 Å². The molecule has 1 amide bonds. The summed E-state index contributed by atoms with van der Waals surface area (Å²) in [5, 5.41) is 2.77. The predicted octanol–water partition coefficient (Wildman–Crippen LogP) is 0.789. The van der Waals surface area contributed by atoms with Crippen molar-refractivity contribution in [3.8, 4) is 17.2 Å². The van der Waals surface area contributed by atoms with Crippen molar-refractivity contribution in [2.45, 2.75) is 13.0 Å². The van der Waals surface area contributed by atoms with Crippen molar-refractivity contribution in [1.82, 2.24) is 5.32 Å². The van der Waals surface area contributed by atoms with Crippen molar-refractivity contribution in [3.05, 3.63) is 17.7 Å². The first-order valence-electron chi connectivity index (χ1n) is 5.88. The van der Waals surface area contributed by atoms with E-state index >= 15 is 0 Å². The molecule has 0 saturated carbocycles. The van der Waals surface area contributed by atoms with Gasteiger partial charge in [-0.3, -0.25) is 4.79 Å². The molecule has 1 atom stereocenters. The Bertz CT molecular complexity index is 423. The minimum atomic E-state index is -0.239. The molecular weight excluding hydrogens is 248 g/mol. The lowest BCUT2D eigenvalue weighted by atomic mass is 10.1. The van der Waals surface area contributed by atoms with Crippen LogP contribution in [0.15, 0.2) is 12.1 Å². The van der Waals surface area contributed by atoms with Crippen molar-refractivity contribution in [2.24, 2.45) is 5.73 Å². The Labute approximate surface area is 112 Å². The highest BCUT2D eigenvalue weighted by molar-refractivity contribution is 5.95. The third-order valence-corrected chi connectivity index (χ3v) is 2.66. The molecule has 3 N–H and O–H groups in total.